The summed E-state index contributed by atoms with van der Waals surface area (Å²) in [4.78, 5) is 23.9. The van der Waals surface area contributed by atoms with Gasteiger partial charge >= 0.3 is 0 Å². The van der Waals surface area contributed by atoms with E-state index in [1.54, 1.807) is 55.5 Å². The number of rotatable bonds is 6. The molecule has 6 heteroatoms. The molecule has 2 aromatic rings. The summed E-state index contributed by atoms with van der Waals surface area (Å²) in [6, 6.07) is 13.8. The summed E-state index contributed by atoms with van der Waals surface area (Å²) in [5.41, 5.74) is 1.30. The lowest BCUT2D eigenvalue weighted by Gasteiger charge is -2.15. The Labute approximate surface area is 152 Å². The van der Waals surface area contributed by atoms with E-state index in [9.17, 15) is 9.59 Å². The molecule has 2 rings (SSSR count). The molecule has 132 valence electrons. The lowest BCUT2D eigenvalue weighted by atomic mass is 10.2. The third-order valence-electron chi connectivity index (χ3n) is 3.42. The lowest BCUT2D eigenvalue weighted by Crippen LogP contribution is -2.30. The van der Waals surface area contributed by atoms with Gasteiger partial charge in [0.25, 0.3) is 5.91 Å². The van der Waals surface area contributed by atoms with Crippen LogP contribution < -0.4 is 15.4 Å². The van der Waals surface area contributed by atoms with Crippen LogP contribution in [0.4, 0.5) is 11.4 Å². The second kappa shape index (κ2) is 8.53. The van der Waals surface area contributed by atoms with Crippen LogP contribution in [0.2, 0.25) is 5.02 Å². The molecule has 5 nitrogen and oxygen atoms in total. The molecular formula is C19H21ClN2O3. The highest BCUT2D eigenvalue weighted by Gasteiger charge is 2.15. The number of hydrogen-bond donors (Lipinski definition) is 2. The van der Waals surface area contributed by atoms with Crippen molar-refractivity contribution in [2.45, 2.75) is 26.9 Å². The second-order valence-electron chi connectivity index (χ2n) is 5.93. The van der Waals surface area contributed by atoms with Crippen molar-refractivity contribution in [2.75, 3.05) is 10.6 Å². The zero-order valence-electron chi connectivity index (χ0n) is 14.4. The van der Waals surface area contributed by atoms with Crippen LogP contribution in [-0.2, 0) is 9.59 Å². The molecule has 0 spiro atoms. The van der Waals surface area contributed by atoms with Gasteiger partial charge in [0.05, 0.1) is 0 Å². The summed E-state index contributed by atoms with van der Waals surface area (Å²) in [6.07, 6.45) is -0.682. The summed E-state index contributed by atoms with van der Waals surface area (Å²) in [7, 11) is 0. The fraction of sp³-hybridized carbons (Fsp3) is 0.263. The van der Waals surface area contributed by atoms with Crippen LogP contribution in [0, 0.1) is 5.92 Å². The number of amides is 2. The van der Waals surface area contributed by atoms with E-state index in [0.29, 0.717) is 22.1 Å². The Hall–Kier alpha value is -2.53. The Kier molecular flexibility index (Phi) is 6.42. The first-order valence-corrected chi connectivity index (χ1v) is 8.37. The van der Waals surface area contributed by atoms with Gasteiger partial charge in [-0.05, 0) is 49.4 Å². The molecule has 25 heavy (non-hydrogen) atoms. The van der Waals surface area contributed by atoms with Crippen molar-refractivity contribution in [1.29, 1.82) is 0 Å². The molecule has 1 unspecified atom stereocenters. The van der Waals surface area contributed by atoms with E-state index in [4.69, 9.17) is 16.3 Å². The first-order chi connectivity index (χ1) is 11.8. The van der Waals surface area contributed by atoms with E-state index in [1.807, 2.05) is 13.8 Å². The van der Waals surface area contributed by atoms with Crippen molar-refractivity contribution in [1.82, 2.24) is 0 Å². The molecule has 2 aromatic carbocycles. The smallest absolute Gasteiger partial charge is 0.265 e. The molecule has 0 saturated heterocycles. The van der Waals surface area contributed by atoms with Crippen molar-refractivity contribution in [3.8, 4) is 5.75 Å². The molecule has 0 heterocycles. The van der Waals surface area contributed by atoms with E-state index < -0.39 is 6.10 Å². The number of hydrogen-bond acceptors (Lipinski definition) is 3. The minimum absolute atomic E-state index is 0.0553. The Morgan fingerprint density at radius 1 is 0.920 bits per heavy atom. The van der Waals surface area contributed by atoms with Gasteiger partial charge in [-0.1, -0.05) is 31.5 Å². The maximum Gasteiger partial charge on any atom is 0.265 e. The Morgan fingerprint density at radius 3 is 2.00 bits per heavy atom. The fourth-order valence-corrected chi connectivity index (χ4v) is 2.15. The van der Waals surface area contributed by atoms with Crippen LogP contribution in [0.3, 0.4) is 0 Å². The standard InChI is InChI=1S/C19H21ClN2O3/c1-12(2)18(23)21-15-7-9-16(10-8-15)22-19(24)13(3)25-17-6-4-5-14(20)11-17/h4-13H,1-3H3,(H,21,23)(H,22,24). The van der Waals surface area contributed by atoms with Gasteiger partial charge in [0.1, 0.15) is 5.75 Å². The highest BCUT2D eigenvalue weighted by molar-refractivity contribution is 6.30. The average Bonchev–Trinajstić information content (AvgIpc) is 2.56. The Balaban J connectivity index is 1.92. The summed E-state index contributed by atoms with van der Waals surface area (Å²) in [6.45, 7) is 5.31. The molecule has 0 aliphatic rings. The molecular weight excluding hydrogens is 340 g/mol. The van der Waals surface area contributed by atoms with Gasteiger partial charge in [0.15, 0.2) is 6.10 Å². The number of anilines is 2. The van der Waals surface area contributed by atoms with Crippen molar-refractivity contribution in [2.24, 2.45) is 5.92 Å². The monoisotopic (exact) mass is 360 g/mol. The second-order valence-corrected chi connectivity index (χ2v) is 6.36. The van der Waals surface area contributed by atoms with Crippen LogP contribution >= 0.6 is 11.6 Å². The lowest BCUT2D eigenvalue weighted by molar-refractivity contribution is -0.122. The Bertz CT molecular complexity index is 745. The quantitative estimate of drug-likeness (QED) is 0.805. The number of ether oxygens (including phenoxy) is 1. The first-order valence-electron chi connectivity index (χ1n) is 7.99. The first kappa shape index (κ1) is 18.8. The number of nitrogens with one attached hydrogen (secondary N) is 2. The number of halogens is 1. The Morgan fingerprint density at radius 2 is 1.48 bits per heavy atom. The molecule has 0 fully saturated rings. The van der Waals surface area contributed by atoms with Crippen LogP contribution in [-0.4, -0.2) is 17.9 Å². The summed E-state index contributed by atoms with van der Waals surface area (Å²) < 4.78 is 5.58. The van der Waals surface area contributed by atoms with Crippen LogP contribution in [0.1, 0.15) is 20.8 Å². The zero-order chi connectivity index (χ0) is 18.4. The number of carbonyl (C=O) groups excluding carboxylic acids is 2. The van der Waals surface area contributed by atoms with Crippen molar-refractivity contribution < 1.29 is 14.3 Å². The third kappa shape index (κ3) is 5.80. The predicted octanol–water partition coefficient (Wildman–Crippen LogP) is 4.34. The molecule has 0 aliphatic carbocycles. The zero-order valence-corrected chi connectivity index (χ0v) is 15.1. The highest BCUT2D eigenvalue weighted by atomic mass is 35.5. The minimum atomic E-state index is -0.682. The molecule has 2 N–H and O–H groups in total. The summed E-state index contributed by atoms with van der Waals surface area (Å²) >= 11 is 5.90. The average molecular weight is 361 g/mol. The largest absolute Gasteiger partial charge is 0.481 e. The van der Waals surface area contributed by atoms with Crippen molar-refractivity contribution in [3.63, 3.8) is 0 Å². The third-order valence-corrected chi connectivity index (χ3v) is 3.66. The van der Waals surface area contributed by atoms with Crippen LogP contribution in [0.15, 0.2) is 48.5 Å². The maximum atomic E-state index is 12.2. The molecule has 1 atom stereocenters. The summed E-state index contributed by atoms with van der Waals surface area (Å²) in [5, 5.41) is 6.11. The highest BCUT2D eigenvalue weighted by Crippen LogP contribution is 2.19. The molecule has 0 radical (unpaired) electrons. The van der Waals surface area contributed by atoms with Gasteiger partial charge in [0.2, 0.25) is 5.91 Å². The number of carbonyl (C=O) groups is 2. The minimum Gasteiger partial charge on any atom is -0.481 e. The van der Waals surface area contributed by atoms with Crippen molar-refractivity contribution >= 4 is 34.8 Å². The summed E-state index contributed by atoms with van der Waals surface area (Å²) in [5.74, 6) is 0.102. The van der Waals surface area contributed by atoms with E-state index in [2.05, 4.69) is 10.6 Å². The molecule has 0 bridgehead atoms. The van der Waals surface area contributed by atoms with E-state index in [-0.39, 0.29) is 17.7 Å². The normalized spacial score (nSPS) is 11.7. The molecule has 0 aromatic heterocycles. The maximum absolute atomic E-state index is 12.2. The predicted molar refractivity (Wildman–Crippen MR) is 100 cm³/mol. The van der Waals surface area contributed by atoms with Gasteiger partial charge in [-0.15, -0.1) is 0 Å². The van der Waals surface area contributed by atoms with Gasteiger partial charge < -0.3 is 15.4 Å². The molecule has 2 amide bonds. The van der Waals surface area contributed by atoms with Gasteiger partial charge in [-0.25, -0.2) is 0 Å². The van der Waals surface area contributed by atoms with Gasteiger partial charge in [-0.3, -0.25) is 9.59 Å². The van der Waals surface area contributed by atoms with Gasteiger partial charge in [-0.2, -0.15) is 0 Å². The topological polar surface area (TPSA) is 67.4 Å². The molecule has 0 saturated carbocycles. The van der Waals surface area contributed by atoms with E-state index in [1.165, 1.54) is 0 Å². The van der Waals surface area contributed by atoms with E-state index in [0.717, 1.165) is 0 Å². The molecule has 0 aliphatic heterocycles. The van der Waals surface area contributed by atoms with Crippen molar-refractivity contribution in [3.05, 3.63) is 53.6 Å². The fourth-order valence-electron chi connectivity index (χ4n) is 1.97. The van der Waals surface area contributed by atoms with Gasteiger partial charge in [0, 0.05) is 22.3 Å². The SMILES string of the molecule is CC(C)C(=O)Nc1ccc(NC(=O)C(C)Oc2cccc(Cl)c2)cc1. The van der Waals surface area contributed by atoms with E-state index >= 15 is 0 Å². The number of benzene rings is 2. The van der Waals surface area contributed by atoms with Crippen LogP contribution in [0.5, 0.6) is 5.75 Å². The van der Waals surface area contributed by atoms with Crippen LogP contribution in [0.25, 0.3) is 0 Å².